The van der Waals surface area contributed by atoms with Gasteiger partial charge in [-0.25, -0.2) is 4.79 Å². The van der Waals surface area contributed by atoms with E-state index < -0.39 is 6.09 Å². The van der Waals surface area contributed by atoms with E-state index in [4.69, 9.17) is 15.2 Å². The van der Waals surface area contributed by atoms with Crippen molar-refractivity contribution < 1.29 is 19.4 Å². The van der Waals surface area contributed by atoms with Gasteiger partial charge in [-0.05, 0) is 42.7 Å². The number of nitrogens with two attached hydrogens (primary N) is 1. The summed E-state index contributed by atoms with van der Waals surface area (Å²) >= 11 is 0. The van der Waals surface area contributed by atoms with Crippen molar-refractivity contribution in [2.75, 3.05) is 19.1 Å². The molecule has 3 N–H and O–H groups in total. The standard InChI is InChI=1S/C18H26N2O4/c1-10-7-12(19)15-16(24-9-23-15)14(10)11-5-6-20(17(21)22)13(8-11)18(2,3)4/h7,11,13H,5-6,8-9,19H2,1-4H3,(H,21,22). The van der Waals surface area contributed by atoms with Crippen molar-refractivity contribution in [1.29, 1.82) is 0 Å². The number of nitrogens with zero attached hydrogens (tertiary/aromatic N) is 1. The molecule has 2 atom stereocenters. The number of amides is 1. The van der Waals surface area contributed by atoms with E-state index in [2.05, 4.69) is 20.8 Å². The third-order valence-corrected chi connectivity index (χ3v) is 5.17. The Balaban J connectivity index is 1.98. The number of nitrogen functional groups attached to an aromatic ring is 1. The van der Waals surface area contributed by atoms with Gasteiger partial charge in [0.1, 0.15) is 0 Å². The van der Waals surface area contributed by atoms with Crippen molar-refractivity contribution in [1.82, 2.24) is 4.90 Å². The van der Waals surface area contributed by atoms with Crippen molar-refractivity contribution in [3.8, 4) is 11.5 Å². The predicted octanol–water partition coefficient (Wildman–Crippen LogP) is 3.58. The maximum Gasteiger partial charge on any atom is 0.407 e. The van der Waals surface area contributed by atoms with Gasteiger partial charge >= 0.3 is 6.09 Å². The summed E-state index contributed by atoms with van der Waals surface area (Å²) in [5, 5.41) is 9.54. The molecule has 2 aliphatic rings. The number of carbonyl (C=O) groups is 1. The first-order valence-electron chi connectivity index (χ1n) is 8.38. The summed E-state index contributed by atoms with van der Waals surface area (Å²) in [6, 6.07) is 1.89. The molecule has 6 nitrogen and oxygen atoms in total. The lowest BCUT2D eigenvalue weighted by Crippen LogP contribution is -2.51. The Morgan fingerprint density at radius 2 is 2.00 bits per heavy atom. The Hall–Kier alpha value is -2.11. The molecule has 1 amide bonds. The number of rotatable bonds is 1. The number of hydrogen-bond donors (Lipinski definition) is 2. The van der Waals surface area contributed by atoms with Gasteiger partial charge in [-0.2, -0.15) is 0 Å². The number of hydrogen-bond acceptors (Lipinski definition) is 4. The van der Waals surface area contributed by atoms with Crippen LogP contribution in [-0.2, 0) is 0 Å². The molecule has 0 aliphatic carbocycles. The average molecular weight is 334 g/mol. The normalized spacial score (nSPS) is 23.4. The van der Waals surface area contributed by atoms with Gasteiger partial charge < -0.3 is 25.2 Å². The summed E-state index contributed by atoms with van der Waals surface area (Å²) < 4.78 is 11.2. The smallest absolute Gasteiger partial charge is 0.407 e. The summed E-state index contributed by atoms with van der Waals surface area (Å²) in [4.78, 5) is 13.2. The lowest BCUT2D eigenvalue weighted by atomic mass is 9.74. The van der Waals surface area contributed by atoms with Gasteiger partial charge in [0.2, 0.25) is 6.79 Å². The summed E-state index contributed by atoms with van der Waals surface area (Å²) in [7, 11) is 0. The van der Waals surface area contributed by atoms with Crippen molar-refractivity contribution in [2.24, 2.45) is 5.41 Å². The lowest BCUT2D eigenvalue weighted by molar-refractivity contribution is 0.0522. The number of aryl methyl sites for hydroxylation is 1. The monoisotopic (exact) mass is 334 g/mol. The van der Waals surface area contributed by atoms with Crippen molar-refractivity contribution in [3.63, 3.8) is 0 Å². The Morgan fingerprint density at radius 3 is 2.62 bits per heavy atom. The first-order valence-corrected chi connectivity index (χ1v) is 8.38. The molecule has 1 saturated heterocycles. The van der Waals surface area contributed by atoms with Crippen LogP contribution in [0.15, 0.2) is 6.07 Å². The van der Waals surface area contributed by atoms with Gasteiger partial charge in [0.15, 0.2) is 11.5 Å². The van der Waals surface area contributed by atoms with Crippen LogP contribution >= 0.6 is 0 Å². The van der Waals surface area contributed by atoms with Crippen molar-refractivity contribution in [3.05, 3.63) is 17.2 Å². The van der Waals surface area contributed by atoms with Gasteiger partial charge in [0.25, 0.3) is 0 Å². The quantitative estimate of drug-likeness (QED) is 0.767. The molecule has 1 aromatic carbocycles. The molecule has 2 aliphatic heterocycles. The number of anilines is 1. The number of benzene rings is 1. The molecular formula is C18H26N2O4. The van der Waals surface area contributed by atoms with Crippen LogP contribution in [0.25, 0.3) is 0 Å². The second kappa shape index (κ2) is 5.76. The summed E-state index contributed by atoms with van der Waals surface area (Å²) in [6.07, 6.45) is 0.711. The van der Waals surface area contributed by atoms with Crippen LogP contribution < -0.4 is 15.2 Å². The van der Waals surface area contributed by atoms with Crippen LogP contribution in [0.5, 0.6) is 11.5 Å². The Bertz CT molecular complexity index is 666. The zero-order valence-corrected chi connectivity index (χ0v) is 14.8. The predicted molar refractivity (Wildman–Crippen MR) is 91.7 cm³/mol. The van der Waals surface area contributed by atoms with Gasteiger partial charge in [-0.1, -0.05) is 20.8 Å². The molecule has 3 rings (SSSR count). The minimum absolute atomic E-state index is 0.0383. The van der Waals surface area contributed by atoms with Crippen LogP contribution in [0.1, 0.15) is 50.7 Å². The fourth-order valence-electron chi connectivity index (χ4n) is 4.03. The maximum atomic E-state index is 11.6. The van der Waals surface area contributed by atoms with E-state index in [0.29, 0.717) is 18.0 Å². The molecule has 1 fully saturated rings. The van der Waals surface area contributed by atoms with Crippen LogP contribution in [0.3, 0.4) is 0 Å². The topological polar surface area (TPSA) is 85.0 Å². The molecular weight excluding hydrogens is 308 g/mol. The third kappa shape index (κ3) is 2.74. The van der Waals surface area contributed by atoms with E-state index in [1.807, 2.05) is 13.0 Å². The SMILES string of the molecule is Cc1cc(N)c2c(c1C1CCN(C(=O)O)C(C(C)(C)C)C1)OCO2. The number of ether oxygens (including phenoxy) is 2. The molecule has 0 aromatic heterocycles. The summed E-state index contributed by atoms with van der Waals surface area (Å²) in [5.41, 5.74) is 8.71. The van der Waals surface area contributed by atoms with E-state index in [9.17, 15) is 9.90 Å². The molecule has 6 heteroatoms. The molecule has 2 heterocycles. The van der Waals surface area contributed by atoms with E-state index in [1.165, 1.54) is 0 Å². The number of carboxylic acid groups (broad SMARTS) is 1. The van der Waals surface area contributed by atoms with Crippen LogP contribution in [-0.4, -0.2) is 35.5 Å². The fraction of sp³-hybridized carbons (Fsp3) is 0.611. The largest absolute Gasteiger partial charge is 0.465 e. The molecule has 0 radical (unpaired) electrons. The van der Waals surface area contributed by atoms with Crippen molar-refractivity contribution in [2.45, 2.75) is 52.5 Å². The Labute approximate surface area is 142 Å². The second-order valence-corrected chi connectivity index (χ2v) is 7.84. The molecule has 0 spiro atoms. The fourth-order valence-corrected chi connectivity index (χ4v) is 4.03. The zero-order chi connectivity index (χ0) is 17.6. The maximum absolute atomic E-state index is 11.6. The minimum atomic E-state index is -0.841. The third-order valence-electron chi connectivity index (χ3n) is 5.17. The van der Waals surface area contributed by atoms with Gasteiger partial charge in [-0.15, -0.1) is 0 Å². The highest BCUT2D eigenvalue weighted by Crippen LogP contribution is 2.49. The minimum Gasteiger partial charge on any atom is -0.465 e. The summed E-state index contributed by atoms with van der Waals surface area (Å²) in [6.45, 7) is 9.03. The molecule has 24 heavy (non-hydrogen) atoms. The van der Waals surface area contributed by atoms with E-state index in [0.717, 1.165) is 29.7 Å². The molecule has 1 aromatic rings. The van der Waals surface area contributed by atoms with Crippen LogP contribution in [0, 0.1) is 12.3 Å². The second-order valence-electron chi connectivity index (χ2n) is 7.84. The lowest BCUT2D eigenvalue weighted by Gasteiger charge is -2.45. The van der Waals surface area contributed by atoms with E-state index >= 15 is 0 Å². The highest BCUT2D eigenvalue weighted by atomic mass is 16.7. The first kappa shape index (κ1) is 16.7. The van der Waals surface area contributed by atoms with Crippen LogP contribution in [0.2, 0.25) is 0 Å². The first-order chi connectivity index (χ1) is 11.2. The highest BCUT2D eigenvalue weighted by molar-refractivity contribution is 5.68. The molecule has 0 bridgehead atoms. The van der Waals surface area contributed by atoms with Gasteiger partial charge in [-0.3, -0.25) is 0 Å². The number of likely N-dealkylation sites (tertiary alicyclic amines) is 1. The molecule has 132 valence electrons. The average Bonchev–Trinajstić information content (AvgIpc) is 2.95. The molecule has 0 saturated carbocycles. The Morgan fingerprint density at radius 1 is 1.33 bits per heavy atom. The zero-order valence-electron chi connectivity index (χ0n) is 14.8. The van der Waals surface area contributed by atoms with Gasteiger partial charge in [0.05, 0.1) is 5.69 Å². The van der Waals surface area contributed by atoms with Gasteiger partial charge in [0, 0.05) is 18.2 Å². The van der Waals surface area contributed by atoms with E-state index in [-0.39, 0.29) is 24.2 Å². The van der Waals surface area contributed by atoms with Crippen LogP contribution in [0.4, 0.5) is 10.5 Å². The van der Waals surface area contributed by atoms with E-state index in [1.54, 1.807) is 4.90 Å². The molecule has 2 unspecified atom stereocenters. The van der Waals surface area contributed by atoms with Crippen molar-refractivity contribution >= 4 is 11.8 Å². The highest BCUT2D eigenvalue weighted by Gasteiger charge is 2.41. The number of piperidine rings is 1. The number of fused-ring (bicyclic) bond motifs is 1. The Kier molecular flexibility index (Phi) is 4.01. The summed E-state index contributed by atoms with van der Waals surface area (Å²) in [5.74, 6) is 1.61.